The van der Waals surface area contributed by atoms with Crippen LogP contribution in [0.5, 0.6) is 0 Å². The third-order valence-electron chi connectivity index (χ3n) is 4.05. The first-order valence-corrected chi connectivity index (χ1v) is 8.79. The van der Waals surface area contributed by atoms with Crippen molar-refractivity contribution < 1.29 is 23.7 Å². The molecule has 0 saturated heterocycles. The van der Waals surface area contributed by atoms with Crippen LogP contribution >= 0.6 is 11.6 Å². The Morgan fingerprint density at radius 3 is 2.52 bits per heavy atom. The van der Waals surface area contributed by atoms with E-state index in [-0.39, 0.29) is 22.0 Å². The van der Waals surface area contributed by atoms with E-state index >= 15 is 0 Å². The van der Waals surface area contributed by atoms with Crippen molar-refractivity contribution in [2.45, 2.75) is 13.0 Å². The number of furan rings is 1. The van der Waals surface area contributed by atoms with Crippen molar-refractivity contribution in [3.8, 4) is 0 Å². The maximum Gasteiger partial charge on any atom is 0.342 e. The van der Waals surface area contributed by atoms with Crippen LogP contribution < -0.4 is 5.32 Å². The molecule has 1 amide bonds. The number of ether oxygens (including phenoxy) is 1. The number of carbonyl (C=O) groups excluding carboxylic acids is 2. The van der Waals surface area contributed by atoms with E-state index < -0.39 is 22.9 Å². The Morgan fingerprint density at radius 1 is 1.17 bits per heavy atom. The molecule has 0 fully saturated rings. The highest BCUT2D eigenvalue weighted by Gasteiger charge is 2.27. The fourth-order valence-corrected chi connectivity index (χ4v) is 2.79. The Kier molecular flexibility index (Phi) is 5.94. The molecular weight excluding hydrogens is 400 g/mol. The first-order chi connectivity index (χ1) is 13.9. The third kappa shape index (κ3) is 4.61. The largest absolute Gasteiger partial charge is 0.469 e. The van der Waals surface area contributed by atoms with Gasteiger partial charge in [0.25, 0.3) is 11.6 Å². The Hall–Kier alpha value is -3.65. The van der Waals surface area contributed by atoms with Crippen LogP contribution in [0.2, 0.25) is 5.02 Å². The number of nitro groups is 1. The summed E-state index contributed by atoms with van der Waals surface area (Å²) in [5.41, 5.74) is 0.415. The lowest BCUT2D eigenvalue weighted by Gasteiger charge is -2.18. The first kappa shape index (κ1) is 20.1. The minimum absolute atomic E-state index is 0.0607. The summed E-state index contributed by atoms with van der Waals surface area (Å²) >= 11 is 5.79. The van der Waals surface area contributed by atoms with Crippen LogP contribution in [0, 0.1) is 17.0 Å². The van der Waals surface area contributed by atoms with Crippen molar-refractivity contribution in [1.29, 1.82) is 0 Å². The lowest BCUT2D eigenvalue weighted by Crippen LogP contribution is -2.26. The Bertz CT molecular complexity index is 1060. The summed E-state index contributed by atoms with van der Waals surface area (Å²) in [6, 6.07) is 13.7. The van der Waals surface area contributed by atoms with Gasteiger partial charge in [0.15, 0.2) is 0 Å². The highest BCUT2D eigenvalue weighted by molar-refractivity contribution is 6.32. The molecule has 1 unspecified atom stereocenters. The van der Waals surface area contributed by atoms with Crippen molar-refractivity contribution in [1.82, 2.24) is 0 Å². The maximum atomic E-state index is 12.9. The molecule has 0 saturated carbocycles. The maximum absolute atomic E-state index is 12.9. The quantitative estimate of drug-likeness (QED) is 0.356. The number of aryl methyl sites for hydroxylation is 1. The molecule has 0 spiro atoms. The van der Waals surface area contributed by atoms with Crippen LogP contribution in [-0.4, -0.2) is 16.8 Å². The minimum Gasteiger partial charge on any atom is -0.469 e. The summed E-state index contributed by atoms with van der Waals surface area (Å²) in [5.74, 6) is -1.06. The lowest BCUT2D eigenvalue weighted by molar-refractivity contribution is -0.384. The fourth-order valence-electron chi connectivity index (χ4n) is 2.61. The fraction of sp³-hybridized carbons (Fsp3) is 0.100. The number of amides is 1. The van der Waals surface area contributed by atoms with Gasteiger partial charge >= 0.3 is 5.97 Å². The van der Waals surface area contributed by atoms with E-state index in [1.54, 1.807) is 37.3 Å². The van der Waals surface area contributed by atoms with Gasteiger partial charge in [0.05, 0.1) is 11.2 Å². The Labute approximate surface area is 170 Å². The molecule has 3 aromatic rings. The molecular formula is C20H15ClN2O6. The molecule has 1 N–H and O–H groups in total. The van der Waals surface area contributed by atoms with E-state index in [0.717, 1.165) is 6.07 Å². The molecule has 8 nitrogen and oxygen atoms in total. The first-order valence-electron chi connectivity index (χ1n) is 8.41. The average molecular weight is 415 g/mol. The zero-order valence-electron chi connectivity index (χ0n) is 15.1. The molecule has 0 aliphatic heterocycles. The van der Waals surface area contributed by atoms with Crippen molar-refractivity contribution in [2.24, 2.45) is 0 Å². The van der Waals surface area contributed by atoms with Crippen LogP contribution in [0.4, 0.5) is 11.4 Å². The number of carbonyl (C=O) groups is 2. The molecule has 29 heavy (non-hydrogen) atoms. The molecule has 0 aliphatic carbocycles. The van der Waals surface area contributed by atoms with E-state index in [9.17, 15) is 19.7 Å². The summed E-state index contributed by atoms with van der Waals surface area (Å²) in [6.07, 6.45) is 0.0591. The van der Waals surface area contributed by atoms with E-state index in [0.29, 0.717) is 11.3 Å². The van der Waals surface area contributed by atoms with Crippen molar-refractivity contribution in [2.75, 3.05) is 5.32 Å². The van der Waals surface area contributed by atoms with Crippen LogP contribution in [0.1, 0.15) is 27.8 Å². The number of nitrogens with zero attached hydrogens (tertiary/aromatic N) is 1. The Balaban J connectivity index is 1.87. The molecule has 0 radical (unpaired) electrons. The average Bonchev–Trinajstić information content (AvgIpc) is 3.13. The molecule has 3 rings (SSSR count). The highest BCUT2D eigenvalue weighted by atomic mass is 35.5. The van der Waals surface area contributed by atoms with Gasteiger partial charge in [-0.05, 0) is 25.1 Å². The summed E-state index contributed by atoms with van der Waals surface area (Å²) in [4.78, 5) is 35.7. The van der Waals surface area contributed by atoms with Crippen molar-refractivity contribution >= 4 is 34.9 Å². The molecule has 1 heterocycles. The molecule has 148 valence electrons. The number of rotatable bonds is 6. The number of hydrogen-bond donors (Lipinski definition) is 1. The van der Waals surface area contributed by atoms with Gasteiger partial charge in [-0.1, -0.05) is 41.9 Å². The van der Waals surface area contributed by atoms with Crippen LogP contribution in [0.15, 0.2) is 65.3 Å². The smallest absolute Gasteiger partial charge is 0.342 e. The predicted octanol–water partition coefficient (Wildman–Crippen LogP) is 4.69. The van der Waals surface area contributed by atoms with Gasteiger partial charge in [0.1, 0.15) is 16.3 Å². The monoisotopic (exact) mass is 414 g/mol. The second-order valence-electron chi connectivity index (χ2n) is 6.00. The third-order valence-corrected chi connectivity index (χ3v) is 4.37. The number of anilines is 1. The van der Waals surface area contributed by atoms with Gasteiger partial charge in [-0.25, -0.2) is 4.79 Å². The Morgan fingerprint density at radius 2 is 1.90 bits per heavy atom. The van der Waals surface area contributed by atoms with Crippen molar-refractivity contribution in [3.63, 3.8) is 0 Å². The number of benzene rings is 2. The van der Waals surface area contributed by atoms with Gasteiger partial charge in [-0.15, -0.1) is 0 Å². The zero-order chi connectivity index (χ0) is 21.0. The van der Waals surface area contributed by atoms with Crippen molar-refractivity contribution in [3.05, 3.63) is 92.9 Å². The minimum atomic E-state index is -1.28. The number of nitrogens with one attached hydrogen (secondary N) is 1. The second-order valence-corrected chi connectivity index (χ2v) is 6.41. The zero-order valence-corrected chi connectivity index (χ0v) is 15.9. The highest BCUT2D eigenvalue weighted by Crippen LogP contribution is 2.29. The normalized spacial score (nSPS) is 11.5. The second kappa shape index (κ2) is 8.57. The summed E-state index contributed by atoms with van der Waals surface area (Å²) in [5, 5.41) is 13.5. The van der Waals surface area contributed by atoms with Gasteiger partial charge in [0.2, 0.25) is 6.10 Å². The van der Waals surface area contributed by atoms with E-state index in [1.165, 1.54) is 24.5 Å². The number of nitro benzene ring substituents is 1. The standard InChI is InChI=1S/C20H15ClN2O6/c1-12-15(9-10-28-12)20(25)29-18(13-5-3-2-4-6-13)19(24)22-14-7-8-16(21)17(11-14)23(26)27/h2-11,18H,1H3,(H,22,24). The molecule has 0 aliphatic rings. The molecule has 2 aromatic carbocycles. The van der Waals surface area contributed by atoms with E-state index in [1.807, 2.05) is 0 Å². The van der Waals surface area contributed by atoms with Gasteiger partial charge in [0, 0.05) is 17.3 Å². The van der Waals surface area contributed by atoms with Gasteiger partial charge < -0.3 is 14.5 Å². The number of hydrogen-bond acceptors (Lipinski definition) is 6. The molecule has 1 atom stereocenters. The van der Waals surface area contributed by atoms with Gasteiger partial charge in [-0.3, -0.25) is 14.9 Å². The molecule has 1 aromatic heterocycles. The lowest BCUT2D eigenvalue weighted by atomic mass is 10.1. The summed E-state index contributed by atoms with van der Waals surface area (Å²) in [6.45, 7) is 1.60. The van der Waals surface area contributed by atoms with Crippen LogP contribution in [0.25, 0.3) is 0 Å². The number of esters is 1. The summed E-state index contributed by atoms with van der Waals surface area (Å²) < 4.78 is 10.5. The molecule has 9 heteroatoms. The molecule has 0 bridgehead atoms. The summed E-state index contributed by atoms with van der Waals surface area (Å²) in [7, 11) is 0. The van der Waals surface area contributed by atoms with Crippen LogP contribution in [0.3, 0.4) is 0 Å². The van der Waals surface area contributed by atoms with Gasteiger partial charge in [-0.2, -0.15) is 0 Å². The van der Waals surface area contributed by atoms with E-state index in [2.05, 4.69) is 5.32 Å². The number of halogens is 1. The van der Waals surface area contributed by atoms with E-state index in [4.69, 9.17) is 20.8 Å². The predicted molar refractivity (Wildman–Crippen MR) is 105 cm³/mol. The topological polar surface area (TPSA) is 112 Å². The SMILES string of the molecule is Cc1occc1C(=O)OC(C(=O)Nc1ccc(Cl)c([N+](=O)[O-])c1)c1ccccc1. The van der Waals surface area contributed by atoms with Crippen LogP contribution in [-0.2, 0) is 9.53 Å².